The molecule has 8 rings (SSSR count). The van der Waals surface area contributed by atoms with E-state index in [2.05, 4.69) is 85.8 Å². The van der Waals surface area contributed by atoms with E-state index in [0.717, 1.165) is 27.2 Å². The highest BCUT2D eigenvalue weighted by atomic mass is 32.2. The molecule has 50 heavy (non-hydrogen) atoms. The molecular weight excluding hydrogens is 637 g/mol. The minimum Gasteiger partial charge on any atom is -0.508 e. The molecule has 0 fully saturated rings. The van der Waals surface area contributed by atoms with Crippen LogP contribution in [0.25, 0.3) is 21.6 Å². The zero-order valence-electron chi connectivity index (χ0n) is 27.2. The number of thioether (sulfide) groups is 1. The second-order valence-corrected chi connectivity index (χ2v) is 14.3. The van der Waals surface area contributed by atoms with E-state index >= 15 is 0 Å². The van der Waals surface area contributed by atoms with Gasteiger partial charge in [-0.1, -0.05) is 121 Å². The van der Waals surface area contributed by atoms with Gasteiger partial charge in [-0.25, -0.2) is 4.79 Å². The Hall–Kier alpha value is -5.91. The Kier molecular flexibility index (Phi) is 7.85. The lowest BCUT2D eigenvalue weighted by molar-refractivity contribution is -0.110. The number of fused-ring (bicyclic) bond motifs is 3. The number of rotatable bonds is 6. The molecule has 2 unspecified atom stereocenters. The van der Waals surface area contributed by atoms with Crippen molar-refractivity contribution >= 4 is 45.1 Å². The molecule has 4 aromatic carbocycles. The summed E-state index contributed by atoms with van der Waals surface area (Å²) in [6.45, 7) is 2.30. The predicted octanol–water partition coefficient (Wildman–Crippen LogP) is 10.1. The Labute approximate surface area is 295 Å². The van der Waals surface area contributed by atoms with E-state index in [9.17, 15) is 19.8 Å². The molecular formula is C45H32O4S. The molecule has 0 saturated heterocycles. The average molecular weight is 669 g/mol. The number of aromatic carboxylic acids is 1. The van der Waals surface area contributed by atoms with Gasteiger partial charge in [-0.3, -0.25) is 4.79 Å². The van der Waals surface area contributed by atoms with Crippen LogP contribution < -0.4 is 0 Å². The number of allylic oxidation sites excluding steroid dienone is 13. The number of phenolic OH excluding ortho intramolecular Hbond substituents is 1. The molecule has 2 N–H and O–H groups in total. The third-order valence-corrected chi connectivity index (χ3v) is 11.3. The van der Waals surface area contributed by atoms with Gasteiger partial charge >= 0.3 is 5.97 Å². The first-order chi connectivity index (χ1) is 24.3. The number of ketones is 1. The molecule has 5 heteroatoms. The van der Waals surface area contributed by atoms with E-state index in [0.29, 0.717) is 16.7 Å². The van der Waals surface area contributed by atoms with Crippen LogP contribution in [-0.4, -0.2) is 26.7 Å². The lowest BCUT2D eigenvalue weighted by Gasteiger charge is -2.42. The zero-order valence-corrected chi connectivity index (χ0v) is 28.0. The Balaban J connectivity index is 1.33. The Morgan fingerprint density at radius 3 is 2.04 bits per heavy atom. The highest BCUT2D eigenvalue weighted by Gasteiger charge is 2.49. The van der Waals surface area contributed by atoms with E-state index in [1.165, 1.54) is 34.4 Å². The van der Waals surface area contributed by atoms with Crippen LogP contribution >= 0.6 is 11.8 Å². The summed E-state index contributed by atoms with van der Waals surface area (Å²) in [7, 11) is 0. The summed E-state index contributed by atoms with van der Waals surface area (Å²) in [5, 5.41) is 20.7. The maximum Gasteiger partial charge on any atom is 0.336 e. The van der Waals surface area contributed by atoms with E-state index in [1.807, 2.05) is 24.3 Å². The third-order valence-electron chi connectivity index (χ3n) is 9.79. The summed E-state index contributed by atoms with van der Waals surface area (Å²) in [4.78, 5) is 26.0. The van der Waals surface area contributed by atoms with E-state index in [1.54, 1.807) is 54.2 Å². The van der Waals surface area contributed by atoms with Crippen LogP contribution in [0.3, 0.4) is 0 Å². The average Bonchev–Trinajstić information content (AvgIpc) is 3.51. The second kappa shape index (κ2) is 12.5. The van der Waals surface area contributed by atoms with Gasteiger partial charge in [0.2, 0.25) is 0 Å². The highest BCUT2D eigenvalue weighted by molar-refractivity contribution is 8.10. The first-order valence-electron chi connectivity index (χ1n) is 16.5. The Morgan fingerprint density at radius 1 is 0.720 bits per heavy atom. The van der Waals surface area contributed by atoms with Crippen molar-refractivity contribution in [2.45, 2.75) is 11.7 Å². The van der Waals surface area contributed by atoms with Crippen LogP contribution in [0.15, 0.2) is 175 Å². The van der Waals surface area contributed by atoms with Gasteiger partial charge < -0.3 is 10.2 Å². The number of phenols is 1. The van der Waals surface area contributed by atoms with E-state index in [4.69, 9.17) is 0 Å². The number of carboxylic acid groups (broad SMARTS) is 1. The quantitative estimate of drug-likeness (QED) is 0.214. The van der Waals surface area contributed by atoms with Crippen molar-refractivity contribution in [2.75, 3.05) is 0 Å². The van der Waals surface area contributed by atoms with Crippen molar-refractivity contribution in [3.8, 4) is 5.75 Å². The summed E-state index contributed by atoms with van der Waals surface area (Å²) < 4.78 is -0.346. The summed E-state index contributed by atoms with van der Waals surface area (Å²) in [6.07, 6.45) is 17.4. The molecule has 0 radical (unpaired) electrons. The maximum atomic E-state index is 13.0. The fourth-order valence-corrected chi connectivity index (χ4v) is 8.94. The van der Waals surface area contributed by atoms with Crippen LogP contribution in [0, 0.1) is 5.92 Å². The van der Waals surface area contributed by atoms with Crippen LogP contribution in [0.5, 0.6) is 5.75 Å². The van der Waals surface area contributed by atoms with E-state index in [-0.39, 0.29) is 27.8 Å². The number of aromatic hydroxyl groups is 1. The summed E-state index contributed by atoms with van der Waals surface area (Å²) >= 11 is 1.78. The molecule has 0 amide bonds. The van der Waals surface area contributed by atoms with Gasteiger partial charge in [0.05, 0.1) is 10.3 Å². The summed E-state index contributed by atoms with van der Waals surface area (Å²) in [5.74, 6) is -0.975. The first-order valence-corrected chi connectivity index (χ1v) is 17.3. The lowest BCUT2D eigenvalue weighted by Crippen LogP contribution is -2.35. The zero-order chi connectivity index (χ0) is 34.4. The summed E-state index contributed by atoms with van der Waals surface area (Å²) in [5.41, 5.74) is 10.8. The number of hydrogen-bond acceptors (Lipinski definition) is 4. The Bertz CT molecular complexity index is 2310. The van der Waals surface area contributed by atoms with Crippen molar-refractivity contribution in [3.05, 3.63) is 208 Å². The molecule has 4 aromatic rings. The van der Waals surface area contributed by atoms with Gasteiger partial charge in [0.1, 0.15) is 5.75 Å². The molecule has 0 saturated carbocycles. The Morgan fingerprint density at radius 2 is 1.38 bits per heavy atom. The first kappa shape index (κ1) is 31.4. The third kappa shape index (κ3) is 5.37. The molecule has 1 aliphatic heterocycles. The topological polar surface area (TPSA) is 74.6 Å². The van der Waals surface area contributed by atoms with Crippen molar-refractivity contribution < 1.29 is 19.8 Å². The standard InChI is InChI=1S/C45H32O4S/c1-45-38-15-9-8-14-36(38)42(28-10-4-2-5-11-28)43(29-12-6-3-7-13-29)39(45)27-40(50-45)32-20-25-35(37(26-32)44(48)49)41(30-16-21-33(46)22-17-30)31-18-23-34(47)24-19-31/h2-27,38,46H,1H3,(H,48,49). The monoisotopic (exact) mass is 668 g/mol. The van der Waals surface area contributed by atoms with Crippen molar-refractivity contribution in [1.29, 1.82) is 0 Å². The molecule has 3 aliphatic carbocycles. The number of carboxylic acids is 1. The number of carbonyl (C=O) groups excluding carboxylic acids is 1. The smallest absolute Gasteiger partial charge is 0.336 e. The fourth-order valence-electron chi connectivity index (χ4n) is 7.46. The molecule has 4 nitrogen and oxygen atoms in total. The van der Waals surface area contributed by atoms with Gasteiger partial charge in [0.15, 0.2) is 5.78 Å². The molecule has 2 atom stereocenters. The molecule has 4 aliphatic rings. The number of hydrogen-bond donors (Lipinski definition) is 2. The van der Waals surface area contributed by atoms with Crippen molar-refractivity contribution in [3.63, 3.8) is 0 Å². The van der Waals surface area contributed by atoms with Crippen LogP contribution in [0.2, 0.25) is 0 Å². The predicted molar refractivity (Wildman–Crippen MR) is 203 cm³/mol. The SMILES string of the molecule is CC12SC(c3ccc(C(=C4C=CC(=O)C=C4)c4ccc(O)cc4)c(C(=O)O)c3)=CC1=C(c1ccccc1)C(c1ccccc1)=C1C=CC=CC12. The molecule has 0 spiro atoms. The van der Waals surface area contributed by atoms with Gasteiger partial charge in [-0.2, -0.15) is 0 Å². The number of carbonyl (C=O) groups is 2. The maximum absolute atomic E-state index is 13.0. The minimum atomic E-state index is -1.05. The largest absolute Gasteiger partial charge is 0.508 e. The molecule has 0 aromatic heterocycles. The highest BCUT2D eigenvalue weighted by Crippen LogP contribution is 2.63. The van der Waals surface area contributed by atoms with Crippen molar-refractivity contribution in [2.24, 2.45) is 5.92 Å². The second-order valence-electron chi connectivity index (χ2n) is 12.8. The lowest BCUT2D eigenvalue weighted by atomic mass is 9.67. The normalized spacial score (nSPS) is 20.6. The van der Waals surface area contributed by atoms with Crippen LogP contribution in [0.4, 0.5) is 0 Å². The van der Waals surface area contributed by atoms with Crippen LogP contribution in [-0.2, 0) is 4.79 Å². The van der Waals surface area contributed by atoms with Crippen LogP contribution in [0.1, 0.15) is 45.1 Å². The van der Waals surface area contributed by atoms with E-state index < -0.39 is 5.97 Å². The molecule has 0 bridgehead atoms. The van der Waals surface area contributed by atoms with Crippen molar-refractivity contribution in [1.82, 2.24) is 0 Å². The van der Waals surface area contributed by atoms with Gasteiger partial charge in [0, 0.05) is 10.8 Å². The van der Waals surface area contributed by atoms with Gasteiger partial charge in [-0.05, 0) is 105 Å². The van der Waals surface area contributed by atoms with Gasteiger partial charge in [0.25, 0.3) is 0 Å². The fraction of sp³-hybridized carbons (Fsp3) is 0.0667. The molecule has 1 heterocycles. The molecule has 242 valence electrons. The van der Waals surface area contributed by atoms with Gasteiger partial charge in [-0.15, -0.1) is 11.8 Å². The number of benzene rings is 4. The minimum absolute atomic E-state index is 0.0977. The summed E-state index contributed by atoms with van der Waals surface area (Å²) in [6, 6.07) is 33.4.